The summed E-state index contributed by atoms with van der Waals surface area (Å²) in [6, 6.07) is 20.3. The van der Waals surface area contributed by atoms with E-state index in [-0.39, 0.29) is 11.8 Å². The normalized spacial score (nSPS) is 15.6. The van der Waals surface area contributed by atoms with Gasteiger partial charge in [-0.05, 0) is 34.9 Å². The Morgan fingerprint density at radius 3 is 2.46 bits per heavy atom. The van der Waals surface area contributed by atoms with Crippen molar-refractivity contribution in [1.29, 1.82) is 0 Å². The van der Waals surface area contributed by atoms with Crippen molar-refractivity contribution in [3.05, 3.63) is 101 Å². The number of rotatable bonds is 4. The zero-order chi connectivity index (χ0) is 19.3. The number of hydrogen-bond donors (Lipinski definition) is 1. The highest BCUT2D eigenvalue weighted by Crippen LogP contribution is 2.25. The number of fused-ring (bicyclic) bond motifs is 1. The maximum Gasteiger partial charge on any atom is 0.254 e. The summed E-state index contributed by atoms with van der Waals surface area (Å²) in [6.07, 6.45) is 3.93. The first-order valence-electron chi connectivity index (χ1n) is 9.32. The molecule has 2 heterocycles. The topological polar surface area (TPSA) is 62.3 Å². The minimum Gasteiger partial charge on any atom is -0.350 e. The van der Waals surface area contributed by atoms with Gasteiger partial charge in [-0.15, -0.1) is 0 Å². The third kappa shape index (κ3) is 3.78. The fourth-order valence-electron chi connectivity index (χ4n) is 3.53. The Morgan fingerprint density at radius 1 is 0.964 bits per heavy atom. The van der Waals surface area contributed by atoms with E-state index in [4.69, 9.17) is 0 Å². The molecule has 140 valence electrons. The average Bonchev–Trinajstić information content (AvgIpc) is 2.77. The van der Waals surface area contributed by atoms with Gasteiger partial charge in [0.2, 0.25) is 5.91 Å². The fourth-order valence-corrected chi connectivity index (χ4v) is 3.53. The Bertz CT molecular complexity index is 973. The summed E-state index contributed by atoms with van der Waals surface area (Å²) in [4.78, 5) is 31.9. The van der Waals surface area contributed by atoms with Crippen LogP contribution in [0, 0.1) is 0 Å². The average molecular weight is 371 g/mol. The van der Waals surface area contributed by atoms with Crippen LogP contribution in [-0.4, -0.2) is 27.7 Å². The Balaban J connectivity index is 1.58. The lowest BCUT2D eigenvalue weighted by Crippen LogP contribution is -2.52. The van der Waals surface area contributed by atoms with Crippen molar-refractivity contribution in [3.8, 4) is 0 Å². The number of amides is 2. The van der Waals surface area contributed by atoms with Crippen LogP contribution in [0.1, 0.15) is 27.0 Å². The molecule has 0 saturated carbocycles. The molecule has 1 N–H and O–H groups in total. The van der Waals surface area contributed by atoms with Gasteiger partial charge in [0, 0.05) is 37.5 Å². The number of carbonyl (C=O) groups is 2. The number of pyridine rings is 1. The molecule has 4 rings (SSSR count). The molecule has 0 aliphatic carbocycles. The third-order valence-electron chi connectivity index (χ3n) is 5.02. The van der Waals surface area contributed by atoms with E-state index in [1.165, 1.54) is 0 Å². The van der Waals surface area contributed by atoms with Crippen molar-refractivity contribution in [3.63, 3.8) is 0 Å². The Labute approximate surface area is 164 Å². The number of hydrogen-bond acceptors (Lipinski definition) is 3. The molecular weight excluding hydrogens is 350 g/mol. The standard InChI is InChI=1S/C23H21N3O2/c27-22(25-15-17-7-6-12-24-14-17)21-13-19-10-4-5-11-20(19)16-26(21)23(28)18-8-2-1-3-9-18/h1-12,14,21H,13,15-16H2,(H,25,27). The molecule has 0 fully saturated rings. The highest BCUT2D eigenvalue weighted by Gasteiger charge is 2.34. The third-order valence-corrected chi connectivity index (χ3v) is 5.02. The maximum absolute atomic E-state index is 13.1. The van der Waals surface area contributed by atoms with Crippen LogP contribution in [0.4, 0.5) is 0 Å². The zero-order valence-electron chi connectivity index (χ0n) is 15.4. The first kappa shape index (κ1) is 17.9. The van der Waals surface area contributed by atoms with Crippen LogP contribution in [0.3, 0.4) is 0 Å². The summed E-state index contributed by atoms with van der Waals surface area (Å²) >= 11 is 0. The lowest BCUT2D eigenvalue weighted by atomic mass is 9.92. The molecule has 28 heavy (non-hydrogen) atoms. The smallest absolute Gasteiger partial charge is 0.254 e. The van der Waals surface area contributed by atoms with Gasteiger partial charge in [-0.2, -0.15) is 0 Å². The van der Waals surface area contributed by atoms with Crippen molar-refractivity contribution in [1.82, 2.24) is 15.2 Å². The van der Waals surface area contributed by atoms with Crippen molar-refractivity contribution in [2.24, 2.45) is 0 Å². The van der Waals surface area contributed by atoms with Gasteiger partial charge < -0.3 is 10.2 Å². The van der Waals surface area contributed by atoms with Gasteiger partial charge in [-0.25, -0.2) is 0 Å². The quantitative estimate of drug-likeness (QED) is 0.767. The van der Waals surface area contributed by atoms with E-state index >= 15 is 0 Å². The van der Waals surface area contributed by atoms with Crippen molar-refractivity contribution >= 4 is 11.8 Å². The Kier molecular flexibility index (Phi) is 5.15. The van der Waals surface area contributed by atoms with Gasteiger partial charge in [0.05, 0.1) is 0 Å². The first-order valence-corrected chi connectivity index (χ1v) is 9.32. The monoisotopic (exact) mass is 371 g/mol. The van der Waals surface area contributed by atoms with E-state index in [0.717, 1.165) is 16.7 Å². The molecule has 1 aliphatic rings. The highest BCUT2D eigenvalue weighted by atomic mass is 16.2. The molecule has 5 heteroatoms. The molecule has 0 radical (unpaired) electrons. The predicted molar refractivity (Wildman–Crippen MR) is 106 cm³/mol. The van der Waals surface area contributed by atoms with Gasteiger partial charge in [-0.3, -0.25) is 14.6 Å². The largest absolute Gasteiger partial charge is 0.350 e. The molecule has 0 bridgehead atoms. The van der Waals surface area contributed by atoms with E-state index in [1.807, 2.05) is 54.6 Å². The van der Waals surface area contributed by atoms with Crippen LogP contribution in [0.2, 0.25) is 0 Å². The van der Waals surface area contributed by atoms with Crippen molar-refractivity contribution in [2.45, 2.75) is 25.6 Å². The summed E-state index contributed by atoms with van der Waals surface area (Å²) < 4.78 is 0. The van der Waals surface area contributed by atoms with E-state index in [0.29, 0.717) is 25.1 Å². The molecule has 0 saturated heterocycles. The molecular formula is C23H21N3O2. The Morgan fingerprint density at radius 2 is 1.71 bits per heavy atom. The second-order valence-electron chi connectivity index (χ2n) is 6.87. The highest BCUT2D eigenvalue weighted by molar-refractivity contribution is 5.98. The number of benzene rings is 2. The van der Waals surface area contributed by atoms with E-state index in [9.17, 15) is 9.59 Å². The minimum atomic E-state index is -0.542. The summed E-state index contributed by atoms with van der Waals surface area (Å²) in [7, 11) is 0. The molecule has 2 amide bonds. The number of nitrogens with zero attached hydrogens (tertiary/aromatic N) is 2. The van der Waals surface area contributed by atoms with Gasteiger partial charge in [0.15, 0.2) is 0 Å². The van der Waals surface area contributed by atoms with Gasteiger partial charge in [-0.1, -0.05) is 48.5 Å². The summed E-state index contributed by atoms with van der Waals surface area (Å²) in [6.45, 7) is 0.813. The van der Waals surface area contributed by atoms with Crippen molar-refractivity contribution < 1.29 is 9.59 Å². The molecule has 1 unspecified atom stereocenters. The van der Waals surface area contributed by atoms with Crippen LogP contribution in [-0.2, 0) is 24.3 Å². The summed E-state index contributed by atoms with van der Waals surface area (Å²) in [5, 5.41) is 2.96. The predicted octanol–water partition coefficient (Wildman–Crippen LogP) is 2.97. The first-order chi connectivity index (χ1) is 13.7. The molecule has 1 aliphatic heterocycles. The summed E-state index contributed by atoms with van der Waals surface area (Å²) in [5.41, 5.74) is 3.71. The SMILES string of the molecule is O=C(NCc1cccnc1)C1Cc2ccccc2CN1C(=O)c1ccccc1. The lowest BCUT2D eigenvalue weighted by Gasteiger charge is -2.36. The number of nitrogens with one attached hydrogen (secondary N) is 1. The zero-order valence-corrected chi connectivity index (χ0v) is 15.4. The fraction of sp³-hybridized carbons (Fsp3) is 0.174. The molecule has 1 aromatic heterocycles. The van der Waals surface area contributed by atoms with Gasteiger partial charge >= 0.3 is 0 Å². The van der Waals surface area contributed by atoms with E-state index < -0.39 is 6.04 Å². The molecule has 2 aromatic carbocycles. The maximum atomic E-state index is 13.1. The molecule has 0 spiro atoms. The van der Waals surface area contributed by atoms with E-state index in [2.05, 4.69) is 10.3 Å². The number of carbonyl (C=O) groups excluding carboxylic acids is 2. The number of aromatic nitrogens is 1. The minimum absolute atomic E-state index is 0.128. The van der Waals surface area contributed by atoms with Crippen LogP contribution in [0.15, 0.2) is 79.1 Å². The Hall–Kier alpha value is -3.47. The second kappa shape index (κ2) is 8.05. The van der Waals surface area contributed by atoms with Crippen LogP contribution in [0.25, 0.3) is 0 Å². The van der Waals surface area contributed by atoms with Crippen molar-refractivity contribution in [2.75, 3.05) is 0 Å². The second-order valence-corrected chi connectivity index (χ2v) is 6.87. The van der Waals surface area contributed by atoms with Crippen LogP contribution >= 0.6 is 0 Å². The lowest BCUT2D eigenvalue weighted by molar-refractivity contribution is -0.126. The van der Waals surface area contributed by atoms with Gasteiger partial charge in [0.25, 0.3) is 5.91 Å². The van der Waals surface area contributed by atoms with Crippen LogP contribution in [0.5, 0.6) is 0 Å². The van der Waals surface area contributed by atoms with Gasteiger partial charge in [0.1, 0.15) is 6.04 Å². The molecule has 5 nitrogen and oxygen atoms in total. The summed E-state index contributed by atoms with van der Waals surface area (Å²) in [5.74, 6) is -0.278. The molecule has 3 aromatic rings. The molecule has 1 atom stereocenters. The van der Waals surface area contributed by atoms with E-state index in [1.54, 1.807) is 29.4 Å². The van der Waals surface area contributed by atoms with Crippen LogP contribution < -0.4 is 5.32 Å².